The number of rotatable bonds is 5. The first-order chi connectivity index (χ1) is 9.72. The van der Waals surface area contributed by atoms with Crippen LogP contribution in [0.25, 0.3) is 0 Å². The third-order valence-electron chi connectivity index (χ3n) is 4.16. The fraction of sp³-hybridized carbons (Fsp3) is 0.588. The van der Waals surface area contributed by atoms with Gasteiger partial charge in [-0.1, -0.05) is 31.2 Å². The molecule has 1 saturated heterocycles. The SMILES string of the molecule is CCC1CCCCN1C(=O)CSCc1ccccc1C. The van der Waals surface area contributed by atoms with Gasteiger partial charge in [0.2, 0.25) is 5.91 Å². The molecule has 0 spiro atoms. The summed E-state index contributed by atoms with van der Waals surface area (Å²) >= 11 is 1.74. The van der Waals surface area contributed by atoms with Crippen molar-refractivity contribution in [3.05, 3.63) is 35.4 Å². The second-order valence-electron chi connectivity index (χ2n) is 5.56. The van der Waals surface area contributed by atoms with Crippen molar-refractivity contribution in [1.82, 2.24) is 4.90 Å². The zero-order valence-corrected chi connectivity index (χ0v) is 13.4. The molecule has 0 bridgehead atoms. The standard InChI is InChI=1S/C17H25NOS/c1-3-16-10-6-7-11-18(16)17(19)13-20-12-15-9-5-4-8-14(15)2/h4-5,8-9,16H,3,6-7,10-13H2,1-2H3. The predicted molar refractivity (Wildman–Crippen MR) is 87.0 cm³/mol. The van der Waals surface area contributed by atoms with Gasteiger partial charge in [0.15, 0.2) is 0 Å². The fourth-order valence-corrected chi connectivity index (χ4v) is 3.84. The van der Waals surface area contributed by atoms with Gasteiger partial charge in [-0.15, -0.1) is 11.8 Å². The van der Waals surface area contributed by atoms with Crippen molar-refractivity contribution in [1.29, 1.82) is 0 Å². The molecule has 20 heavy (non-hydrogen) atoms. The maximum atomic E-state index is 12.3. The summed E-state index contributed by atoms with van der Waals surface area (Å²) in [6.07, 6.45) is 4.72. The van der Waals surface area contributed by atoms with Gasteiger partial charge in [0.25, 0.3) is 0 Å². The minimum Gasteiger partial charge on any atom is -0.339 e. The molecule has 0 N–H and O–H groups in total. The zero-order chi connectivity index (χ0) is 14.4. The van der Waals surface area contributed by atoms with Gasteiger partial charge >= 0.3 is 0 Å². The summed E-state index contributed by atoms with van der Waals surface area (Å²) in [5.74, 6) is 1.88. The van der Waals surface area contributed by atoms with Crippen LogP contribution in [0.3, 0.4) is 0 Å². The quantitative estimate of drug-likeness (QED) is 0.816. The molecule has 1 amide bonds. The van der Waals surface area contributed by atoms with Gasteiger partial charge in [-0.3, -0.25) is 4.79 Å². The maximum Gasteiger partial charge on any atom is 0.232 e. The number of nitrogens with zero attached hydrogens (tertiary/aromatic N) is 1. The van der Waals surface area contributed by atoms with Crippen molar-refractivity contribution in [2.45, 2.75) is 51.3 Å². The highest BCUT2D eigenvalue weighted by molar-refractivity contribution is 7.99. The Hall–Kier alpha value is -0.960. The zero-order valence-electron chi connectivity index (χ0n) is 12.6. The van der Waals surface area contributed by atoms with Gasteiger partial charge < -0.3 is 4.90 Å². The van der Waals surface area contributed by atoms with Crippen LogP contribution in [-0.4, -0.2) is 29.1 Å². The molecule has 0 saturated carbocycles. The summed E-state index contributed by atoms with van der Waals surface area (Å²) in [4.78, 5) is 14.5. The summed E-state index contributed by atoms with van der Waals surface area (Å²) in [5.41, 5.74) is 2.66. The van der Waals surface area contributed by atoms with E-state index >= 15 is 0 Å². The van der Waals surface area contributed by atoms with Crippen molar-refractivity contribution >= 4 is 17.7 Å². The van der Waals surface area contributed by atoms with Crippen LogP contribution in [0.5, 0.6) is 0 Å². The van der Waals surface area contributed by atoms with Crippen LogP contribution in [0.15, 0.2) is 24.3 Å². The van der Waals surface area contributed by atoms with E-state index in [0.717, 1.165) is 18.7 Å². The molecule has 1 atom stereocenters. The first-order valence-electron chi connectivity index (χ1n) is 7.64. The van der Waals surface area contributed by atoms with Crippen molar-refractivity contribution < 1.29 is 4.79 Å². The van der Waals surface area contributed by atoms with E-state index in [1.54, 1.807) is 11.8 Å². The number of hydrogen-bond donors (Lipinski definition) is 0. The van der Waals surface area contributed by atoms with Crippen LogP contribution in [0, 0.1) is 6.92 Å². The predicted octanol–water partition coefficient (Wildman–Crippen LogP) is 4.02. The van der Waals surface area contributed by atoms with Crippen LogP contribution in [0.2, 0.25) is 0 Å². The molecular formula is C17H25NOS. The number of aryl methyl sites for hydroxylation is 1. The lowest BCUT2D eigenvalue weighted by molar-refractivity contribution is -0.132. The average Bonchev–Trinajstić information content (AvgIpc) is 2.49. The summed E-state index contributed by atoms with van der Waals surface area (Å²) < 4.78 is 0. The molecule has 0 aliphatic carbocycles. The molecule has 110 valence electrons. The van der Waals surface area contributed by atoms with Gasteiger partial charge in [0.1, 0.15) is 0 Å². The number of likely N-dealkylation sites (tertiary alicyclic amines) is 1. The summed E-state index contributed by atoms with van der Waals surface area (Å²) in [7, 11) is 0. The van der Waals surface area contributed by atoms with Gasteiger partial charge in [-0.25, -0.2) is 0 Å². The number of carbonyl (C=O) groups excluding carboxylic acids is 1. The molecule has 0 aromatic heterocycles. The van der Waals surface area contributed by atoms with E-state index in [1.807, 2.05) is 0 Å². The average molecular weight is 291 g/mol. The van der Waals surface area contributed by atoms with E-state index < -0.39 is 0 Å². The van der Waals surface area contributed by atoms with Crippen LogP contribution in [0.1, 0.15) is 43.7 Å². The monoisotopic (exact) mass is 291 g/mol. The van der Waals surface area contributed by atoms with E-state index in [0.29, 0.717) is 17.7 Å². The Bertz CT molecular complexity index is 446. The molecule has 1 aromatic rings. The number of amides is 1. The number of thioether (sulfide) groups is 1. The number of carbonyl (C=O) groups is 1. The highest BCUT2D eigenvalue weighted by Crippen LogP contribution is 2.22. The number of benzene rings is 1. The maximum absolute atomic E-state index is 12.3. The molecule has 1 fully saturated rings. The van der Waals surface area contributed by atoms with Gasteiger partial charge in [-0.2, -0.15) is 0 Å². The summed E-state index contributed by atoms with van der Waals surface area (Å²) in [5, 5.41) is 0. The molecule has 3 heteroatoms. The third-order valence-corrected chi connectivity index (χ3v) is 5.13. The Morgan fingerprint density at radius 1 is 1.35 bits per heavy atom. The minimum absolute atomic E-state index is 0.329. The lowest BCUT2D eigenvalue weighted by atomic mass is 10.0. The Labute approximate surface area is 126 Å². The highest BCUT2D eigenvalue weighted by atomic mass is 32.2. The largest absolute Gasteiger partial charge is 0.339 e. The Morgan fingerprint density at radius 3 is 2.90 bits per heavy atom. The van der Waals surface area contributed by atoms with E-state index in [1.165, 1.54) is 30.4 Å². The normalized spacial score (nSPS) is 19.1. The Morgan fingerprint density at radius 2 is 2.15 bits per heavy atom. The van der Waals surface area contributed by atoms with Gasteiger partial charge in [0, 0.05) is 18.3 Å². The van der Waals surface area contributed by atoms with Crippen molar-refractivity contribution in [3.63, 3.8) is 0 Å². The van der Waals surface area contributed by atoms with E-state index in [2.05, 4.69) is 43.0 Å². The van der Waals surface area contributed by atoms with Gasteiger partial charge in [0.05, 0.1) is 5.75 Å². The first-order valence-corrected chi connectivity index (χ1v) is 8.79. The number of piperidine rings is 1. The van der Waals surface area contributed by atoms with E-state index in [-0.39, 0.29) is 0 Å². The molecule has 2 nitrogen and oxygen atoms in total. The highest BCUT2D eigenvalue weighted by Gasteiger charge is 2.24. The van der Waals surface area contributed by atoms with Crippen molar-refractivity contribution in [3.8, 4) is 0 Å². The Balaban J connectivity index is 1.81. The summed E-state index contributed by atoms with van der Waals surface area (Å²) in [6, 6.07) is 8.91. The molecule has 0 radical (unpaired) electrons. The second kappa shape index (κ2) is 7.72. The van der Waals surface area contributed by atoms with Crippen LogP contribution in [0.4, 0.5) is 0 Å². The molecule has 1 aliphatic rings. The molecule has 1 aliphatic heterocycles. The molecular weight excluding hydrogens is 266 g/mol. The van der Waals surface area contributed by atoms with E-state index in [4.69, 9.17) is 0 Å². The van der Waals surface area contributed by atoms with Crippen LogP contribution in [-0.2, 0) is 10.5 Å². The molecule has 2 rings (SSSR count). The molecule has 1 heterocycles. The topological polar surface area (TPSA) is 20.3 Å². The molecule has 1 unspecified atom stereocenters. The van der Waals surface area contributed by atoms with Crippen LogP contribution >= 0.6 is 11.8 Å². The smallest absolute Gasteiger partial charge is 0.232 e. The van der Waals surface area contributed by atoms with Crippen molar-refractivity contribution in [2.75, 3.05) is 12.3 Å². The van der Waals surface area contributed by atoms with Gasteiger partial charge in [-0.05, 0) is 43.7 Å². The first kappa shape index (κ1) is 15.4. The van der Waals surface area contributed by atoms with E-state index in [9.17, 15) is 4.79 Å². The molecule has 1 aromatic carbocycles. The second-order valence-corrected chi connectivity index (χ2v) is 6.55. The number of hydrogen-bond acceptors (Lipinski definition) is 2. The Kier molecular flexibility index (Phi) is 5.96. The third kappa shape index (κ3) is 4.02. The van der Waals surface area contributed by atoms with Crippen molar-refractivity contribution in [2.24, 2.45) is 0 Å². The lowest BCUT2D eigenvalue weighted by Crippen LogP contribution is -2.44. The lowest BCUT2D eigenvalue weighted by Gasteiger charge is -2.35. The fourth-order valence-electron chi connectivity index (χ4n) is 2.86. The van der Waals surface area contributed by atoms with Crippen LogP contribution < -0.4 is 0 Å². The summed E-state index contributed by atoms with van der Waals surface area (Å²) in [6.45, 7) is 5.29. The minimum atomic E-state index is 0.329.